The minimum Gasteiger partial charge on any atom is -0.469 e. The maximum absolute atomic E-state index is 11.2. The van der Waals surface area contributed by atoms with Crippen LogP contribution in [0.3, 0.4) is 0 Å². The van der Waals surface area contributed by atoms with E-state index in [4.69, 9.17) is 9.15 Å². The molecule has 0 fully saturated rings. The molecule has 0 unspecified atom stereocenters. The number of allylic oxidation sites excluding steroid dienone is 1. The molecule has 0 aliphatic heterocycles. The molecule has 0 atom stereocenters. The molecule has 0 saturated heterocycles. The van der Waals surface area contributed by atoms with Gasteiger partial charge in [0.05, 0.1) is 13.4 Å². The van der Waals surface area contributed by atoms with Gasteiger partial charge in [0.25, 0.3) is 0 Å². The summed E-state index contributed by atoms with van der Waals surface area (Å²) in [6, 6.07) is 3.48. The average Bonchev–Trinajstić information content (AvgIpc) is 2.75. The van der Waals surface area contributed by atoms with Crippen molar-refractivity contribution in [2.24, 2.45) is 0 Å². The third-order valence-corrected chi connectivity index (χ3v) is 1.71. The molecule has 5 heteroatoms. The summed E-state index contributed by atoms with van der Waals surface area (Å²) in [5, 5.41) is 0. The van der Waals surface area contributed by atoms with Gasteiger partial charge in [-0.2, -0.15) is 0 Å². The summed E-state index contributed by atoms with van der Waals surface area (Å²) in [4.78, 5) is 22.0. The minimum atomic E-state index is -0.693. The quantitative estimate of drug-likeness (QED) is 0.440. The molecule has 1 aromatic rings. The van der Waals surface area contributed by atoms with Crippen LogP contribution in [0.1, 0.15) is 12.7 Å². The lowest BCUT2D eigenvalue weighted by molar-refractivity contribution is -0.148. The van der Waals surface area contributed by atoms with Gasteiger partial charge in [0.1, 0.15) is 5.76 Å². The van der Waals surface area contributed by atoms with Crippen LogP contribution in [0, 0.1) is 0 Å². The van der Waals surface area contributed by atoms with E-state index in [0.29, 0.717) is 12.2 Å². The number of ether oxygens (including phenoxy) is 2. The molecule has 0 aliphatic carbocycles. The van der Waals surface area contributed by atoms with E-state index in [2.05, 4.69) is 4.74 Å². The highest BCUT2D eigenvalue weighted by Crippen LogP contribution is 2.07. The molecule has 0 radical (unpaired) electrons. The van der Waals surface area contributed by atoms with Crippen molar-refractivity contribution >= 4 is 11.9 Å². The van der Waals surface area contributed by atoms with E-state index in [9.17, 15) is 9.59 Å². The van der Waals surface area contributed by atoms with Gasteiger partial charge in [-0.1, -0.05) is 0 Å². The van der Waals surface area contributed by atoms with E-state index >= 15 is 0 Å². The summed E-state index contributed by atoms with van der Waals surface area (Å²) in [6.07, 6.45) is 3.31. The fourth-order valence-corrected chi connectivity index (χ4v) is 1.04. The maximum Gasteiger partial charge on any atom is 0.373 e. The molecule has 0 bridgehead atoms. The molecular weight excluding hydrogens is 212 g/mol. The minimum absolute atomic E-state index is 0.133. The number of methoxy groups -OCH3 is 1. The molecule has 16 heavy (non-hydrogen) atoms. The third-order valence-electron chi connectivity index (χ3n) is 1.71. The Morgan fingerprint density at radius 1 is 1.50 bits per heavy atom. The van der Waals surface area contributed by atoms with Gasteiger partial charge < -0.3 is 13.9 Å². The molecule has 1 aromatic heterocycles. The van der Waals surface area contributed by atoms with Gasteiger partial charge in [-0.3, -0.25) is 4.79 Å². The van der Waals surface area contributed by atoms with Gasteiger partial charge in [0.15, 0.2) is 0 Å². The second-order valence-electron chi connectivity index (χ2n) is 2.94. The fourth-order valence-electron chi connectivity index (χ4n) is 1.04. The summed E-state index contributed by atoms with van der Waals surface area (Å²) in [6.45, 7) is 1.21. The Kier molecular flexibility index (Phi) is 4.32. The van der Waals surface area contributed by atoms with Gasteiger partial charge >= 0.3 is 11.9 Å². The third kappa shape index (κ3) is 3.61. The monoisotopic (exact) mass is 224 g/mol. The van der Waals surface area contributed by atoms with Crippen LogP contribution in [-0.4, -0.2) is 19.0 Å². The van der Waals surface area contributed by atoms with Crippen LogP contribution in [-0.2, 0) is 25.5 Å². The first kappa shape index (κ1) is 12.0. The molecule has 0 aliphatic rings. The molecule has 1 heterocycles. The number of esters is 2. The molecule has 86 valence electrons. The van der Waals surface area contributed by atoms with Crippen molar-refractivity contribution in [1.29, 1.82) is 0 Å². The van der Waals surface area contributed by atoms with E-state index in [1.807, 2.05) is 0 Å². The molecule has 0 saturated carbocycles. The normalized spacial score (nSPS) is 11.0. The number of hydrogen-bond donors (Lipinski definition) is 0. The van der Waals surface area contributed by atoms with Gasteiger partial charge in [0.2, 0.25) is 5.76 Å². The Morgan fingerprint density at radius 2 is 2.25 bits per heavy atom. The lowest BCUT2D eigenvalue weighted by Gasteiger charge is -2.03. The first-order valence-electron chi connectivity index (χ1n) is 4.62. The molecular formula is C11H12O5. The van der Waals surface area contributed by atoms with Crippen LogP contribution >= 0.6 is 0 Å². The van der Waals surface area contributed by atoms with Crippen molar-refractivity contribution < 1.29 is 23.5 Å². The van der Waals surface area contributed by atoms with Crippen molar-refractivity contribution in [2.75, 3.05) is 7.11 Å². The molecule has 0 N–H and O–H groups in total. The van der Waals surface area contributed by atoms with Crippen molar-refractivity contribution in [3.8, 4) is 0 Å². The summed E-state index contributed by atoms with van der Waals surface area (Å²) in [7, 11) is 1.21. The Balaban J connectivity index is 2.71. The Labute approximate surface area is 92.6 Å². The number of carbonyl (C=O) groups excluding carboxylic acids is 2. The topological polar surface area (TPSA) is 65.7 Å². The van der Waals surface area contributed by atoms with Crippen LogP contribution in [0.2, 0.25) is 0 Å². The number of rotatable bonds is 4. The Hall–Kier alpha value is -2.04. The second-order valence-corrected chi connectivity index (χ2v) is 2.94. The van der Waals surface area contributed by atoms with Crippen molar-refractivity contribution in [3.05, 3.63) is 36.0 Å². The highest BCUT2D eigenvalue weighted by atomic mass is 16.6. The van der Waals surface area contributed by atoms with Gasteiger partial charge in [-0.25, -0.2) is 4.79 Å². The Bertz CT molecular complexity index is 389. The van der Waals surface area contributed by atoms with Gasteiger partial charge in [0, 0.05) is 13.3 Å². The van der Waals surface area contributed by atoms with E-state index in [1.54, 1.807) is 12.1 Å². The maximum atomic E-state index is 11.2. The van der Waals surface area contributed by atoms with E-state index in [0.717, 1.165) is 0 Å². The first-order valence-corrected chi connectivity index (χ1v) is 4.62. The van der Waals surface area contributed by atoms with Crippen LogP contribution in [0.15, 0.2) is 34.6 Å². The van der Waals surface area contributed by atoms with Crippen LogP contribution < -0.4 is 0 Å². The van der Waals surface area contributed by atoms with Crippen LogP contribution in [0.25, 0.3) is 0 Å². The zero-order chi connectivity index (χ0) is 12.0. The summed E-state index contributed by atoms with van der Waals surface area (Å²) in [5.74, 6) is -0.738. The SMILES string of the molecule is COC(=O)C(=CCc1ccco1)OC(C)=O. The number of furan rings is 1. The summed E-state index contributed by atoms with van der Waals surface area (Å²) in [5.41, 5.74) is 0. The lowest BCUT2D eigenvalue weighted by atomic mass is 10.3. The molecule has 0 aromatic carbocycles. The molecule has 5 nitrogen and oxygen atoms in total. The number of carbonyl (C=O) groups is 2. The van der Waals surface area contributed by atoms with E-state index < -0.39 is 11.9 Å². The standard InChI is InChI=1S/C11H12O5/c1-8(12)16-10(11(13)14-2)6-5-9-4-3-7-15-9/h3-4,6-7H,5H2,1-2H3. The highest BCUT2D eigenvalue weighted by Gasteiger charge is 2.13. The van der Waals surface area contributed by atoms with Crippen molar-refractivity contribution in [1.82, 2.24) is 0 Å². The fraction of sp³-hybridized carbons (Fsp3) is 0.273. The first-order chi connectivity index (χ1) is 7.63. The largest absolute Gasteiger partial charge is 0.469 e. The predicted molar refractivity (Wildman–Crippen MR) is 54.3 cm³/mol. The zero-order valence-corrected chi connectivity index (χ0v) is 9.06. The lowest BCUT2D eigenvalue weighted by Crippen LogP contribution is -2.11. The van der Waals surface area contributed by atoms with Gasteiger partial charge in [-0.05, 0) is 18.2 Å². The summed E-state index contributed by atoms with van der Waals surface area (Å²) >= 11 is 0. The molecule has 1 rings (SSSR count). The zero-order valence-electron chi connectivity index (χ0n) is 9.06. The smallest absolute Gasteiger partial charge is 0.373 e. The van der Waals surface area contributed by atoms with Crippen LogP contribution in [0.4, 0.5) is 0 Å². The van der Waals surface area contributed by atoms with Crippen molar-refractivity contribution in [3.63, 3.8) is 0 Å². The number of hydrogen-bond acceptors (Lipinski definition) is 5. The van der Waals surface area contributed by atoms with Gasteiger partial charge in [-0.15, -0.1) is 0 Å². The average molecular weight is 224 g/mol. The van der Waals surface area contributed by atoms with Crippen LogP contribution in [0.5, 0.6) is 0 Å². The predicted octanol–water partition coefficient (Wildman–Crippen LogP) is 1.44. The summed E-state index contributed by atoms with van der Waals surface area (Å²) < 4.78 is 14.2. The van der Waals surface area contributed by atoms with E-state index in [1.165, 1.54) is 26.4 Å². The van der Waals surface area contributed by atoms with E-state index in [-0.39, 0.29) is 5.76 Å². The second kappa shape index (κ2) is 5.75. The van der Waals surface area contributed by atoms with Crippen molar-refractivity contribution in [2.45, 2.75) is 13.3 Å². The Morgan fingerprint density at radius 3 is 2.75 bits per heavy atom. The highest BCUT2D eigenvalue weighted by molar-refractivity contribution is 5.89. The molecule has 0 spiro atoms. The molecule has 0 amide bonds.